The molecule has 19 heavy (non-hydrogen) atoms. The van der Waals surface area contributed by atoms with Crippen LogP contribution in [0.3, 0.4) is 0 Å². The smallest absolute Gasteiger partial charge is 0.306 e. The van der Waals surface area contributed by atoms with Crippen molar-refractivity contribution in [1.82, 2.24) is 5.32 Å². The minimum atomic E-state index is -0.229. The summed E-state index contributed by atoms with van der Waals surface area (Å²) in [7, 11) is 1.39. The van der Waals surface area contributed by atoms with Gasteiger partial charge in [0.25, 0.3) is 0 Å². The molecule has 0 aliphatic heterocycles. The zero-order valence-electron chi connectivity index (χ0n) is 11.6. The Morgan fingerprint density at radius 2 is 2.05 bits per heavy atom. The quantitative estimate of drug-likeness (QED) is 0.735. The molecule has 4 heteroatoms. The monoisotopic (exact) mass is 267 g/mol. The Labute approximate surface area is 114 Å². The number of halogens is 1. The number of benzene rings is 1. The lowest BCUT2D eigenvalue weighted by Crippen LogP contribution is -2.24. The Morgan fingerprint density at radius 1 is 1.37 bits per heavy atom. The van der Waals surface area contributed by atoms with Crippen molar-refractivity contribution in [3.05, 3.63) is 35.6 Å². The van der Waals surface area contributed by atoms with E-state index in [1.807, 2.05) is 0 Å². The fourth-order valence-electron chi connectivity index (χ4n) is 1.94. The topological polar surface area (TPSA) is 38.3 Å². The van der Waals surface area contributed by atoms with Gasteiger partial charge >= 0.3 is 5.97 Å². The lowest BCUT2D eigenvalue weighted by atomic mass is 10.0. The van der Waals surface area contributed by atoms with Gasteiger partial charge in [-0.15, -0.1) is 0 Å². The van der Waals surface area contributed by atoms with E-state index in [4.69, 9.17) is 0 Å². The van der Waals surface area contributed by atoms with Crippen molar-refractivity contribution in [2.45, 2.75) is 38.6 Å². The van der Waals surface area contributed by atoms with Gasteiger partial charge in [-0.05, 0) is 24.1 Å². The van der Waals surface area contributed by atoms with Crippen LogP contribution in [0.5, 0.6) is 0 Å². The zero-order valence-corrected chi connectivity index (χ0v) is 11.6. The molecule has 1 aromatic carbocycles. The van der Waals surface area contributed by atoms with E-state index < -0.39 is 0 Å². The van der Waals surface area contributed by atoms with E-state index in [-0.39, 0.29) is 17.8 Å². The summed E-state index contributed by atoms with van der Waals surface area (Å²) in [4.78, 5) is 11.1. The minimum absolute atomic E-state index is 0.158. The molecule has 0 aliphatic rings. The van der Waals surface area contributed by atoms with Crippen molar-refractivity contribution in [3.8, 4) is 0 Å². The highest BCUT2D eigenvalue weighted by Gasteiger charge is 2.11. The number of hydrogen-bond donors (Lipinski definition) is 1. The van der Waals surface area contributed by atoms with Crippen LogP contribution in [0.4, 0.5) is 4.39 Å². The number of carbonyl (C=O) groups excluding carboxylic acids is 1. The van der Waals surface area contributed by atoms with Crippen LogP contribution in [-0.2, 0) is 9.53 Å². The molecule has 106 valence electrons. The number of methoxy groups -OCH3 is 1. The summed E-state index contributed by atoms with van der Waals surface area (Å²) in [6.07, 6.45) is 3.52. The summed E-state index contributed by atoms with van der Waals surface area (Å²) < 4.78 is 17.5. The summed E-state index contributed by atoms with van der Waals surface area (Å²) in [5.74, 6) is -0.451. The van der Waals surface area contributed by atoms with Crippen LogP contribution < -0.4 is 5.32 Å². The molecule has 0 radical (unpaired) electrons. The number of rotatable bonds is 8. The van der Waals surface area contributed by atoms with E-state index in [1.54, 1.807) is 12.1 Å². The fraction of sp³-hybridized carbons (Fsp3) is 0.533. The zero-order chi connectivity index (χ0) is 14.1. The number of ether oxygens (including phenoxy) is 1. The van der Waals surface area contributed by atoms with Gasteiger partial charge in [0.1, 0.15) is 5.82 Å². The molecule has 1 unspecified atom stereocenters. The second-order valence-corrected chi connectivity index (χ2v) is 4.53. The molecule has 0 bridgehead atoms. The number of unbranched alkanes of at least 4 members (excludes halogenated alkanes) is 1. The summed E-state index contributed by atoms with van der Waals surface area (Å²) in [5.41, 5.74) is 1.06. The molecule has 0 spiro atoms. The summed E-state index contributed by atoms with van der Waals surface area (Å²) >= 11 is 0. The van der Waals surface area contributed by atoms with Gasteiger partial charge in [0, 0.05) is 12.6 Å². The molecule has 0 fully saturated rings. The van der Waals surface area contributed by atoms with Crippen LogP contribution >= 0.6 is 0 Å². The SMILES string of the molecule is CCCCC(NCCC(=O)OC)c1ccc(F)cc1. The summed E-state index contributed by atoms with van der Waals surface area (Å²) in [6, 6.07) is 6.68. The van der Waals surface area contributed by atoms with Crippen molar-refractivity contribution in [1.29, 1.82) is 0 Å². The highest BCUT2D eigenvalue weighted by atomic mass is 19.1. The third kappa shape index (κ3) is 5.83. The molecular weight excluding hydrogens is 245 g/mol. The predicted octanol–water partition coefficient (Wildman–Crippen LogP) is 3.21. The van der Waals surface area contributed by atoms with Crippen LogP contribution in [-0.4, -0.2) is 19.6 Å². The Bertz CT molecular complexity index is 378. The van der Waals surface area contributed by atoms with Crippen molar-refractivity contribution in [2.75, 3.05) is 13.7 Å². The van der Waals surface area contributed by atoms with E-state index in [1.165, 1.54) is 19.2 Å². The fourth-order valence-corrected chi connectivity index (χ4v) is 1.94. The molecule has 0 heterocycles. The molecule has 1 N–H and O–H groups in total. The van der Waals surface area contributed by atoms with Crippen molar-refractivity contribution < 1.29 is 13.9 Å². The molecule has 0 aliphatic carbocycles. The normalized spacial score (nSPS) is 12.2. The minimum Gasteiger partial charge on any atom is -0.469 e. The van der Waals surface area contributed by atoms with E-state index in [2.05, 4.69) is 17.0 Å². The number of hydrogen-bond acceptors (Lipinski definition) is 3. The standard InChI is InChI=1S/C15H22FNO2/c1-3-4-5-14(17-11-10-15(18)19-2)12-6-8-13(16)9-7-12/h6-9,14,17H,3-5,10-11H2,1-2H3. The molecule has 0 amide bonds. The molecule has 3 nitrogen and oxygen atoms in total. The molecule has 1 rings (SSSR count). The van der Waals surface area contributed by atoms with Crippen LogP contribution in [0.1, 0.15) is 44.2 Å². The first-order valence-corrected chi connectivity index (χ1v) is 6.73. The van der Waals surface area contributed by atoms with Gasteiger partial charge < -0.3 is 10.1 Å². The van der Waals surface area contributed by atoms with Gasteiger partial charge in [-0.1, -0.05) is 31.9 Å². The van der Waals surface area contributed by atoms with E-state index in [0.29, 0.717) is 13.0 Å². The van der Waals surface area contributed by atoms with Gasteiger partial charge in [-0.3, -0.25) is 4.79 Å². The summed E-state index contributed by atoms with van der Waals surface area (Å²) in [6.45, 7) is 2.70. The maximum Gasteiger partial charge on any atom is 0.306 e. The first kappa shape index (κ1) is 15.6. The van der Waals surface area contributed by atoms with Crippen molar-refractivity contribution in [3.63, 3.8) is 0 Å². The average molecular weight is 267 g/mol. The summed E-state index contributed by atoms with van der Waals surface area (Å²) in [5, 5.41) is 3.33. The predicted molar refractivity (Wildman–Crippen MR) is 73.3 cm³/mol. The third-order valence-corrected chi connectivity index (χ3v) is 3.07. The average Bonchev–Trinajstić information content (AvgIpc) is 2.43. The Hall–Kier alpha value is -1.42. The Kier molecular flexibility index (Phi) is 7.11. The molecule has 0 saturated heterocycles. The highest BCUT2D eigenvalue weighted by Crippen LogP contribution is 2.19. The molecule has 1 aromatic rings. The highest BCUT2D eigenvalue weighted by molar-refractivity contribution is 5.69. The van der Waals surface area contributed by atoms with Crippen molar-refractivity contribution >= 4 is 5.97 Å². The molecular formula is C15H22FNO2. The van der Waals surface area contributed by atoms with Gasteiger partial charge in [-0.2, -0.15) is 0 Å². The molecule has 0 saturated carbocycles. The molecule has 1 atom stereocenters. The van der Waals surface area contributed by atoms with Crippen LogP contribution in [0.15, 0.2) is 24.3 Å². The largest absolute Gasteiger partial charge is 0.469 e. The second-order valence-electron chi connectivity index (χ2n) is 4.53. The van der Waals surface area contributed by atoms with Crippen LogP contribution in [0.25, 0.3) is 0 Å². The Morgan fingerprint density at radius 3 is 2.63 bits per heavy atom. The molecule has 0 aromatic heterocycles. The van der Waals surface area contributed by atoms with Gasteiger partial charge in [-0.25, -0.2) is 4.39 Å². The van der Waals surface area contributed by atoms with Crippen LogP contribution in [0.2, 0.25) is 0 Å². The first-order chi connectivity index (χ1) is 9.17. The van der Waals surface area contributed by atoms with Crippen LogP contribution in [0, 0.1) is 5.82 Å². The van der Waals surface area contributed by atoms with Gasteiger partial charge in [0.2, 0.25) is 0 Å². The lowest BCUT2D eigenvalue weighted by Gasteiger charge is -2.18. The van der Waals surface area contributed by atoms with E-state index >= 15 is 0 Å². The lowest BCUT2D eigenvalue weighted by molar-refractivity contribution is -0.140. The first-order valence-electron chi connectivity index (χ1n) is 6.73. The maximum atomic E-state index is 12.9. The number of nitrogens with one attached hydrogen (secondary N) is 1. The van der Waals surface area contributed by atoms with Crippen molar-refractivity contribution in [2.24, 2.45) is 0 Å². The van der Waals surface area contributed by atoms with E-state index in [9.17, 15) is 9.18 Å². The van der Waals surface area contributed by atoms with E-state index in [0.717, 1.165) is 24.8 Å². The maximum absolute atomic E-state index is 12.9. The third-order valence-electron chi connectivity index (χ3n) is 3.07. The second kappa shape index (κ2) is 8.64. The number of carbonyl (C=O) groups is 1. The Balaban J connectivity index is 2.55. The van der Waals surface area contributed by atoms with Gasteiger partial charge in [0.05, 0.1) is 13.5 Å². The number of esters is 1. The van der Waals surface area contributed by atoms with Gasteiger partial charge in [0.15, 0.2) is 0 Å².